The number of methoxy groups -OCH3 is 1. The monoisotopic (exact) mass is 263 g/mol. The van der Waals surface area contributed by atoms with Gasteiger partial charge in [0.2, 0.25) is 5.88 Å². The molecule has 1 atom stereocenters. The molecular weight excluding hydrogens is 238 g/mol. The maximum absolute atomic E-state index is 5.23. The molecule has 0 spiro atoms. The first kappa shape index (κ1) is 14.1. The number of hydrogen-bond donors (Lipinski definition) is 1. The number of ether oxygens (including phenoxy) is 1. The third-order valence-electron chi connectivity index (χ3n) is 3.43. The van der Waals surface area contributed by atoms with Gasteiger partial charge in [0.1, 0.15) is 5.82 Å². The van der Waals surface area contributed by atoms with Crippen molar-refractivity contribution < 1.29 is 4.74 Å². The molecule has 1 aromatic rings. The minimum absolute atomic E-state index is 0.590. The highest BCUT2D eigenvalue weighted by atomic mass is 16.5. The fraction of sp³-hybridized carbons (Fsp3) is 0.667. The van der Waals surface area contributed by atoms with Gasteiger partial charge in [-0.05, 0) is 31.4 Å². The summed E-state index contributed by atoms with van der Waals surface area (Å²) in [6.07, 6.45) is 2.55. The Bertz CT molecular complexity index is 389. The Morgan fingerprint density at radius 2 is 2.32 bits per heavy atom. The van der Waals surface area contributed by atoms with E-state index in [1.807, 2.05) is 12.1 Å². The van der Waals surface area contributed by atoms with Crippen molar-refractivity contribution in [3.8, 4) is 5.88 Å². The molecule has 1 aliphatic heterocycles. The Morgan fingerprint density at radius 1 is 1.47 bits per heavy atom. The van der Waals surface area contributed by atoms with Crippen molar-refractivity contribution in [3.05, 3.63) is 18.2 Å². The quantitative estimate of drug-likeness (QED) is 0.854. The average molecular weight is 263 g/mol. The predicted octanol–water partition coefficient (Wildman–Crippen LogP) is 2.30. The molecule has 1 saturated heterocycles. The van der Waals surface area contributed by atoms with Crippen molar-refractivity contribution in [2.75, 3.05) is 31.6 Å². The summed E-state index contributed by atoms with van der Waals surface area (Å²) in [5.74, 6) is 2.32. The summed E-state index contributed by atoms with van der Waals surface area (Å²) in [4.78, 5) is 6.93. The summed E-state index contributed by atoms with van der Waals surface area (Å²) in [5.41, 5.74) is 0. The van der Waals surface area contributed by atoms with Gasteiger partial charge >= 0.3 is 0 Å². The van der Waals surface area contributed by atoms with Crippen LogP contribution in [0, 0.1) is 5.92 Å². The van der Waals surface area contributed by atoms with E-state index >= 15 is 0 Å². The second-order valence-electron chi connectivity index (χ2n) is 5.63. The summed E-state index contributed by atoms with van der Waals surface area (Å²) in [5, 5.41) is 3.56. The van der Waals surface area contributed by atoms with E-state index in [0.29, 0.717) is 17.8 Å². The Labute approximate surface area is 116 Å². The molecule has 2 rings (SSSR count). The molecule has 4 nitrogen and oxygen atoms in total. The van der Waals surface area contributed by atoms with Crippen LogP contribution in [0.2, 0.25) is 0 Å². The van der Waals surface area contributed by atoms with Crippen LogP contribution in [0.3, 0.4) is 0 Å². The Kier molecular flexibility index (Phi) is 5.02. The molecule has 1 fully saturated rings. The van der Waals surface area contributed by atoms with E-state index in [9.17, 15) is 0 Å². The maximum atomic E-state index is 5.23. The molecule has 1 N–H and O–H groups in total. The molecule has 1 unspecified atom stereocenters. The minimum atomic E-state index is 0.590. The van der Waals surface area contributed by atoms with Gasteiger partial charge in [-0.25, -0.2) is 0 Å². The molecule has 106 valence electrons. The van der Waals surface area contributed by atoms with E-state index in [1.54, 1.807) is 7.11 Å². The van der Waals surface area contributed by atoms with E-state index in [0.717, 1.165) is 25.5 Å². The summed E-state index contributed by atoms with van der Waals surface area (Å²) < 4.78 is 5.23. The zero-order valence-electron chi connectivity index (χ0n) is 12.2. The largest absolute Gasteiger partial charge is 0.481 e. The zero-order chi connectivity index (χ0) is 13.7. The van der Waals surface area contributed by atoms with Gasteiger partial charge in [-0.1, -0.05) is 19.9 Å². The number of rotatable bonds is 6. The first-order chi connectivity index (χ1) is 9.19. The van der Waals surface area contributed by atoms with Crippen LogP contribution in [-0.4, -0.2) is 37.8 Å². The fourth-order valence-electron chi connectivity index (χ4n) is 2.57. The fourth-order valence-corrected chi connectivity index (χ4v) is 2.57. The van der Waals surface area contributed by atoms with Gasteiger partial charge in [0.05, 0.1) is 7.11 Å². The van der Waals surface area contributed by atoms with Gasteiger partial charge in [0, 0.05) is 25.2 Å². The smallest absolute Gasteiger partial charge is 0.214 e. The van der Waals surface area contributed by atoms with Crippen LogP contribution >= 0.6 is 0 Å². The molecule has 0 saturated carbocycles. The molecule has 4 heteroatoms. The SMILES string of the molecule is COc1cccc(N(CC(C)C)CC2CCCN2)n1. The second kappa shape index (κ2) is 6.75. The Morgan fingerprint density at radius 3 is 2.95 bits per heavy atom. The maximum Gasteiger partial charge on any atom is 0.214 e. The lowest BCUT2D eigenvalue weighted by Gasteiger charge is -2.28. The number of nitrogens with zero attached hydrogens (tertiary/aromatic N) is 2. The summed E-state index contributed by atoms with van der Waals surface area (Å²) in [6.45, 7) is 7.69. The van der Waals surface area contributed by atoms with Gasteiger partial charge in [0.25, 0.3) is 0 Å². The minimum Gasteiger partial charge on any atom is -0.481 e. The summed E-state index contributed by atoms with van der Waals surface area (Å²) in [6, 6.07) is 6.56. The standard InChI is InChI=1S/C15H25N3O/c1-12(2)10-18(11-13-6-5-9-16-13)14-7-4-8-15(17-14)19-3/h4,7-8,12-13,16H,5-6,9-11H2,1-3H3. The third kappa shape index (κ3) is 4.10. The van der Waals surface area contributed by atoms with Crippen LogP contribution in [0.15, 0.2) is 18.2 Å². The molecule has 2 heterocycles. The predicted molar refractivity (Wildman–Crippen MR) is 78.9 cm³/mol. The van der Waals surface area contributed by atoms with Crippen LogP contribution in [0.5, 0.6) is 5.88 Å². The summed E-state index contributed by atoms with van der Waals surface area (Å²) in [7, 11) is 1.66. The molecule has 1 aromatic heterocycles. The first-order valence-electron chi connectivity index (χ1n) is 7.18. The normalized spacial score (nSPS) is 18.8. The zero-order valence-corrected chi connectivity index (χ0v) is 12.2. The van der Waals surface area contributed by atoms with Gasteiger partial charge in [-0.3, -0.25) is 0 Å². The number of hydrogen-bond acceptors (Lipinski definition) is 4. The highest BCUT2D eigenvalue weighted by molar-refractivity contribution is 5.41. The van der Waals surface area contributed by atoms with Crippen LogP contribution in [0.4, 0.5) is 5.82 Å². The molecule has 19 heavy (non-hydrogen) atoms. The van der Waals surface area contributed by atoms with Crippen LogP contribution in [0.25, 0.3) is 0 Å². The molecular formula is C15H25N3O. The third-order valence-corrected chi connectivity index (χ3v) is 3.43. The Balaban J connectivity index is 2.10. The van der Waals surface area contributed by atoms with E-state index in [4.69, 9.17) is 4.74 Å². The van der Waals surface area contributed by atoms with E-state index in [-0.39, 0.29) is 0 Å². The lowest BCUT2D eigenvalue weighted by Crippen LogP contribution is -2.39. The second-order valence-corrected chi connectivity index (χ2v) is 5.63. The van der Waals surface area contributed by atoms with E-state index in [1.165, 1.54) is 12.8 Å². The molecule has 0 bridgehead atoms. The molecule has 0 aromatic carbocycles. The number of pyridine rings is 1. The van der Waals surface area contributed by atoms with E-state index in [2.05, 4.69) is 35.1 Å². The number of aromatic nitrogens is 1. The van der Waals surface area contributed by atoms with E-state index < -0.39 is 0 Å². The van der Waals surface area contributed by atoms with Crippen LogP contribution in [-0.2, 0) is 0 Å². The number of anilines is 1. The molecule has 0 radical (unpaired) electrons. The van der Waals surface area contributed by atoms with Gasteiger partial charge in [-0.15, -0.1) is 0 Å². The van der Waals surface area contributed by atoms with Crippen molar-refractivity contribution in [2.24, 2.45) is 5.92 Å². The van der Waals surface area contributed by atoms with Gasteiger partial charge in [-0.2, -0.15) is 4.98 Å². The highest BCUT2D eigenvalue weighted by Gasteiger charge is 2.19. The van der Waals surface area contributed by atoms with Crippen molar-refractivity contribution in [2.45, 2.75) is 32.7 Å². The van der Waals surface area contributed by atoms with Crippen molar-refractivity contribution >= 4 is 5.82 Å². The van der Waals surface area contributed by atoms with Crippen molar-refractivity contribution in [1.29, 1.82) is 0 Å². The van der Waals surface area contributed by atoms with Gasteiger partial charge in [0.15, 0.2) is 0 Å². The van der Waals surface area contributed by atoms with Crippen molar-refractivity contribution in [1.82, 2.24) is 10.3 Å². The lowest BCUT2D eigenvalue weighted by atomic mass is 10.1. The lowest BCUT2D eigenvalue weighted by molar-refractivity contribution is 0.397. The number of nitrogens with one attached hydrogen (secondary N) is 1. The highest BCUT2D eigenvalue weighted by Crippen LogP contribution is 2.19. The van der Waals surface area contributed by atoms with Crippen LogP contribution < -0.4 is 15.0 Å². The molecule has 1 aliphatic rings. The Hall–Kier alpha value is -1.29. The summed E-state index contributed by atoms with van der Waals surface area (Å²) >= 11 is 0. The molecule has 0 aliphatic carbocycles. The van der Waals surface area contributed by atoms with Crippen molar-refractivity contribution in [3.63, 3.8) is 0 Å². The topological polar surface area (TPSA) is 37.4 Å². The van der Waals surface area contributed by atoms with Crippen LogP contribution in [0.1, 0.15) is 26.7 Å². The first-order valence-corrected chi connectivity index (χ1v) is 7.18. The molecule has 0 amide bonds. The average Bonchev–Trinajstić information content (AvgIpc) is 2.90. The van der Waals surface area contributed by atoms with Gasteiger partial charge < -0.3 is 15.0 Å².